The maximum atomic E-state index is 13.3. The average Bonchev–Trinajstić information content (AvgIpc) is 2.36. The van der Waals surface area contributed by atoms with Crippen LogP contribution in [0.25, 0.3) is 0 Å². The lowest BCUT2D eigenvalue weighted by Crippen LogP contribution is -2.13. The van der Waals surface area contributed by atoms with E-state index in [-0.39, 0.29) is 21.2 Å². The van der Waals surface area contributed by atoms with Crippen LogP contribution in [0.3, 0.4) is 0 Å². The molecule has 1 heterocycles. The summed E-state index contributed by atoms with van der Waals surface area (Å²) in [4.78, 5) is 15.9. The van der Waals surface area contributed by atoms with E-state index in [0.717, 1.165) is 0 Å². The fourth-order valence-electron chi connectivity index (χ4n) is 1.53. The highest BCUT2D eigenvalue weighted by Crippen LogP contribution is 2.25. The molecule has 98 valence electrons. The van der Waals surface area contributed by atoms with Gasteiger partial charge in [0.25, 0.3) is 5.91 Å². The molecule has 0 aliphatic heterocycles. The van der Waals surface area contributed by atoms with Gasteiger partial charge in [-0.15, -0.1) is 0 Å². The van der Waals surface area contributed by atoms with Crippen molar-refractivity contribution in [2.75, 3.05) is 5.32 Å². The average molecular weight is 344 g/mol. The highest BCUT2D eigenvalue weighted by molar-refractivity contribution is 9.10. The van der Waals surface area contributed by atoms with Crippen LogP contribution in [0.5, 0.6) is 0 Å². The van der Waals surface area contributed by atoms with Crippen molar-refractivity contribution in [1.29, 1.82) is 0 Å². The normalized spacial score (nSPS) is 10.3. The van der Waals surface area contributed by atoms with Gasteiger partial charge >= 0.3 is 0 Å². The van der Waals surface area contributed by atoms with Crippen molar-refractivity contribution in [2.45, 2.75) is 6.92 Å². The van der Waals surface area contributed by atoms with Crippen LogP contribution in [0.4, 0.5) is 10.1 Å². The van der Waals surface area contributed by atoms with E-state index in [1.54, 1.807) is 6.92 Å². The molecule has 1 N–H and O–H groups in total. The van der Waals surface area contributed by atoms with Crippen molar-refractivity contribution < 1.29 is 9.18 Å². The summed E-state index contributed by atoms with van der Waals surface area (Å²) in [5, 5.41) is 2.95. The number of carbonyl (C=O) groups excluding carboxylic acids is 1. The summed E-state index contributed by atoms with van der Waals surface area (Å²) in [6.45, 7) is 1.71. The highest BCUT2D eigenvalue weighted by atomic mass is 79.9. The molecule has 6 heteroatoms. The van der Waals surface area contributed by atoms with Crippen molar-refractivity contribution in [1.82, 2.24) is 4.98 Å². The second kappa shape index (κ2) is 5.67. The molecule has 0 unspecified atom stereocenters. The van der Waals surface area contributed by atoms with Crippen LogP contribution in [0, 0.1) is 12.7 Å². The molecule has 0 bridgehead atoms. The van der Waals surface area contributed by atoms with Gasteiger partial charge < -0.3 is 5.32 Å². The minimum absolute atomic E-state index is 0.263. The van der Waals surface area contributed by atoms with Crippen LogP contribution in [0.2, 0.25) is 5.02 Å². The quantitative estimate of drug-likeness (QED) is 0.888. The fraction of sp³-hybridized carbons (Fsp3) is 0.0769. The number of hydrogen-bond acceptors (Lipinski definition) is 2. The summed E-state index contributed by atoms with van der Waals surface area (Å²) in [6.07, 6.45) is 2.87. The summed E-state index contributed by atoms with van der Waals surface area (Å²) >= 11 is 8.97. The lowest BCUT2D eigenvalue weighted by Gasteiger charge is -2.10. The van der Waals surface area contributed by atoms with Gasteiger partial charge in [0.15, 0.2) is 0 Å². The predicted octanol–water partition coefficient (Wildman–Crippen LogP) is 4.20. The Bertz CT molecular complexity index is 649. The highest BCUT2D eigenvalue weighted by Gasteiger charge is 2.12. The van der Waals surface area contributed by atoms with Gasteiger partial charge in [-0.2, -0.15) is 0 Å². The molecule has 1 aromatic heterocycles. The van der Waals surface area contributed by atoms with E-state index in [0.29, 0.717) is 16.8 Å². The Balaban J connectivity index is 2.30. The monoisotopic (exact) mass is 342 g/mol. The van der Waals surface area contributed by atoms with Crippen LogP contribution in [-0.2, 0) is 0 Å². The smallest absolute Gasteiger partial charge is 0.257 e. The Morgan fingerprint density at radius 3 is 2.89 bits per heavy atom. The molecule has 0 aliphatic rings. The van der Waals surface area contributed by atoms with Crippen molar-refractivity contribution in [3.05, 3.63) is 57.0 Å². The molecule has 0 atom stereocenters. The Kier molecular flexibility index (Phi) is 4.17. The molecule has 0 spiro atoms. The third-order valence-electron chi connectivity index (χ3n) is 2.53. The van der Waals surface area contributed by atoms with Crippen LogP contribution < -0.4 is 5.32 Å². The number of aromatic nitrogens is 1. The number of aryl methyl sites for hydroxylation is 1. The SMILES string of the molecule is Cc1cc(F)c(Br)cc1NC(=O)c1ccncc1Cl. The number of pyridine rings is 1. The Labute approximate surface area is 122 Å². The van der Waals surface area contributed by atoms with Gasteiger partial charge in [-0.1, -0.05) is 11.6 Å². The summed E-state index contributed by atoms with van der Waals surface area (Å²) < 4.78 is 13.6. The molecule has 0 radical (unpaired) electrons. The molecule has 2 rings (SSSR count). The standard InChI is InChI=1S/C13H9BrClFN2O/c1-7-4-11(16)9(14)5-12(7)18-13(19)8-2-3-17-6-10(8)15/h2-6H,1H3,(H,18,19). The molecule has 0 saturated heterocycles. The lowest BCUT2D eigenvalue weighted by atomic mass is 10.2. The fourth-order valence-corrected chi connectivity index (χ4v) is 2.08. The Morgan fingerprint density at radius 1 is 1.47 bits per heavy atom. The largest absolute Gasteiger partial charge is 0.322 e. The van der Waals surface area contributed by atoms with Crippen LogP contribution >= 0.6 is 27.5 Å². The topological polar surface area (TPSA) is 42.0 Å². The number of anilines is 1. The number of carbonyl (C=O) groups is 1. The first-order valence-electron chi connectivity index (χ1n) is 5.35. The first-order chi connectivity index (χ1) is 8.99. The summed E-state index contributed by atoms with van der Waals surface area (Å²) in [5.41, 5.74) is 1.46. The van der Waals surface area contributed by atoms with Gasteiger partial charge in [0.05, 0.1) is 15.1 Å². The number of rotatable bonds is 2. The summed E-state index contributed by atoms with van der Waals surface area (Å²) in [6, 6.07) is 4.37. The lowest BCUT2D eigenvalue weighted by molar-refractivity contribution is 0.102. The molecule has 3 nitrogen and oxygen atoms in total. The second-order valence-corrected chi connectivity index (χ2v) is 5.15. The zero-order valence-electron chi connectivity index (χ0n) is 9.88. The Hall–Kier alpha value is -1.46. The van der Waals surface area contributed by atoms with Crippen molar-refractivity contribution in [3.63, 3.8) is 0 Å². The third-order valence-corrected chi connectivity index (χ3v) is 3.44. The zero-order chi connectivity index (χ0) is 14.0. The molecule has 0 aliphatic carbocycles. The molecule has 1 amide bonds. The number of halogens is 3. The molecule has 2 aromatic rings. The van der Waals surface area contributed by atoms with Crippen molar-refractivity contribution in [3.8, 4) is 0 Å². The first kappa shape index (κ1) is 14.0. The van der Waals surface area contributed by atoms with Gasteiger partial charge in [0.1, 0.15) is 5.82 Å². The van der Waals surface area contributed by atoms with E-state index in [2.05, 4.69) is 26.2 Å². The summed E-state index contributed by atoms with van der Waals surface area (Å²) in [5.74, 6) is -0.744. The number of amides is 1. The molecular weight excluding hydrogens is 335 g/mol. The molecule has 19 heavy (non-hydrogen) atoms. The van der Waals surface area contributed by atoms with Gasteiger partial charge in [0.2, 0.25) is 0 Å². The van der Waals surface area contributed by atoms with Gasteiger partial charge in [0, 0.05) is 18.1 Å². The van der Waals surface area contributed by atoms with Crippen LogP contribution in [0.15, 0.2) is 35.1 Å². The molecule has 0 saturated carbocycles. The van der Waals surface area contributed by atoms with E-state index < -0.39 is 0 Å². The van der Waals surface area contributed by atoms with Gasteiger partial charge in [-0.05, 0) is 46.6 Å². The minimum atomic E-state index is -0.377. The predicted molar refractivity (Wildman–Crippen MR) is 76.0 cm³/mol. The van der Waals surface area contributed by atoms with Crippen LogP contribution in [0.1, 0.15) is 15.9 Å². The maximum absolute atomic E-state index is 13.3. The van der Waals surface area contributed by atoms with Crippen molar-refractivity contribution >= 4 is 39.1 Å². The van der Waals surface area contributed by atoms with Crippen LogP contribution in [-0.4, -0.2) is 10.9 Å². The molecular formula is C13H9BrClFN2O. The molecule has 1 aromatic carbocycles. The maximum Gasteiger partial charge on any atom is 0.257 e. The van der Waals surface area contributed by atoms with E-state index in [1.165, 1.54) is 30.6 Å². The van der Waals surface area contributed by atoms with E-state index in [1.807, 2.05) is 0 Å². The van der Waals surface area contributed by atoms with E-state index >= 15 is 0 Å². The summed E-state index contributed by atoms with van der Waals surface area (Å²) in [7, 11) is 0. The van der Waals surface area contributed by atoms with E-state index in [9.17, 15) is 9.18 Å². The number of nitrogens with one attached hydrogen (secondary N) is 1. The Morgan fingerprint density at radius 2 is 2.21 bits per heavy atom. The molecule has 0 fully saturated rings. The number of hydrogen-bond donors (Lipinski definition) is 1. The minimum Gasteiger partial charge on any atom is -0.322 e. The van der Waals surface area contributed by atoms with Gasteiger partial charge in [-0.3, -0.25) is 9.78 Å². The van der Waals surface area contributed by atoms with Crippen molar-refractivity contribution in [2.24, 2.45) is 0 Å². The van der Waals surface area contributed by atoms with Gasteiger partial charge in [-0.25, -0.2) is 4.39 Å². The second-order valence-electron chi connectivity index (χ2n) is 3.89. The third kappa shape index (κ3) is 3.11. The first-order valence-corrected chi connectivity index (χ1v) is 6.52. The van der Waals surface area contributed by atoms with E-state index in [4.69, 9.17) is 11.6 Å². The number of nitrogens with zero attached hydrogens (tertiary/aromatic N) is 1. The zero-order valence-corrected chi connectivity index (χ0v) is 12.2. The number of benzene rings is 1.